The van der Waals surface area contributed by atoms with Gasteiger partial charge < -0.3 is 0 Å². The van der Waals surface area contributed by atoms with Crippen molar-refractivity contribution in [1.29, 1.82) is 0 Å². The zero-order valence-electron chi connectivity index (χ0n) is 3.47. The zero-order chi connectivity index (χ0) is 4.83. The van der Waals surface area contributed by atoms with E-state index in [2.05, 4.69) is 4.40 Å². The molecule has 3 heteroatoms. The van der Waals surface area contributed by atoms with Gasteiger partial charge in [-0.3, -0.25) is 0 Å². The molecule has 2 nitrogen and oxygen atoms in total. The molecule has 0 aromatic rings. The first-order valence-corrected chi connectivity index (χ1v) is 2.55. The van der Waals surface area contributed by atoms with E-state index in [4.69, 9.17) is 0 Å². The van der Waals surface area contributed by atoms with Crippen molar-refractivity contribution >= 4 is 18.0 Å². The predicted molar refractivity (Wildman–Crippen MR) is 26.3 cm³/mol. The second kappa shape index (κ2) is 4.73. The highest BCUT2D eigenvalue weighted by molar-refractivity contribution is 7.98. The highest BCUT2D eigenvalue weighted by atomic mass is 32.2. The summed E-state index contributed by atoms with van der Waals surface area (Å²) >= 11 is 1.21. The lowest BCUT2D eigenvalue weighted by molar-refractivity contribution is 0.566. The van der Waals surface area contributed by atoms with Gasteiger partial charge in [-0.2, -0.15) is 0 Å². The smallest absolute Gasteiger partial charge is 0.210 e. The van der Waals surface area contributed by atoms with Gasteiger partial charge in [0.25, 0.3) is 0 Å². The molecule has 6 heavy (non-hydrogen) atoms. The summed E-state index contributed by atoms with van der Waals surface area (Å²) in [5.41, 5.74) is 0. The Morgan fingerprint density at radius 3 is 2.83 bits per heavy atom. The lowest BCUT2D eigenvalue weighted by Crippen LogP contribution is -1.54. The summed E-state index contributed by atoms with van der Waals surface area (Å²) in [5, 5.41) is 0. The van der Waals surface area contributed by atoms with Crippen LogP contribution in [0.2, 0.25) is 0 Å². The highest BCUT2D eigenvalue weighted by Crippen LogP contribution is 1.94. The number of carbonyl (C=O) groups excluding carboxylic acids is 1. The van der Waals surface area contributed by atoms with Crippen molar-refractivity contribution in [3.8, 4) is 0 Å². The molecule has 0 aliphatic rings. The molecule has 0 saturated heterocycles. The van der Waals surface area contributed by atoms with Gasteiger partial charge in [-0.05, 0) is 11.9 Å². The van der Waals surface area contributed by atoms with E-state index in [1.54, 1.807) is 0 Å². The molecule has 0 N–H and O–H groups in total. The molecule has 0 saturated carbocycles. The van der Waals surface area contributed by atoms with Crippen molar-refractivity contribution in [1.82, 2.24) is 0 Å². The van der Waals surface area contributed by atoms with Crippen molar-refractivity contribution in [2.24, 2.45) is 4.40 Å². The second-order valence-corrected chi connectivity index (χ2v) is 1.62. The molecule has 0 radical (unpaired) electrons. The Balaban J connectivity index is 2.86. The van der Waals surface area contributed by atoms with Crippen molar-refractivity contribution in [2.75, 3.05) is 5.75 Å². The van der Waals surface area contributed by atoms with Crippen LogP contribution in [0.25, 0.3) is 0 Å². The summed E-state index contributed by atoms with van der Waals surface area (Å²) in [6, 6.07) is 0. The van der Waals surface area contributed by atoms with Crippen LogP contribution in [-0.4, -0.2) is 11.8 Å². The molecule has 0 fully saturated rings. The first kappa shape index (κ1) is 5.73. The van der Waals surface area contributed by atoms with E-state index in [1.807, 2.05) is 6.92 Å². The van der Waals surface area contributed by atoms with E-state index >= 15 is 0 Å². The van der Waals surface area contributed by atoms with Gasteiger partial charge in [0.1, 0.15) is 0 Å². The maximum Gasteiger partial charge on any atom is 0.247 e. The van der Waals surface area contributed by atoms with Crippen LogP contribution in [0.15, 0.2) is 4.40 Å². The van der Waals surface area contributed by atoms with Gasteiger partial charge in [0, 0.05) is 5.75 Å². The van der Waals surface area contributed by atoms with Gasteiger partial charge in [0.15, 0.2) is 0 Å². The van der Waals surface area contributed by atoms with Crippen LogP contribution >= 0.6 is 11.9 Å². The molecule has 0 bridgehead atoms. The maximum absolute atomic E-state index is 9.25. The first-order valence-electron chi connectivity index (χ1n) is 1.61. The Bertz CT molecular complexity index is 67.2. The summed E-state index contributed by atoms with van der Waals surface area (Å²) in [5.74, 6) is 0.842. The third-order valence-electron chi connectivity index (χ3n) is 0.231. The second-order valence-electron chi connectivity index (χ2n) is 0.600. The number of isocyanates is 1. The maximum atomic E-state index is 9.25. The fourth-order valence-electron chi connectivity index (χ4n) is 0.0909. The fraction of sp³-hybridized carbons (Fsp3) is 0.667. The molecule has 0 spiro atoms. The van der Waals surface area contributed by atoms with Crippen LogP contribution in [-0.2, 0) is 4.79 Å². The van der Waals surface area contributed by atoms with E-state index in [9.17, 15) is 4.79 Å². The van der Waals surface area contributed by atoms with E-state index in [0.717, 1.165) is 5.75 Å². The van der Waals surface area contributed by atoms with Crippen LogP contribution in [0.5, 0.6) is 0 Å². The minimum absolute atomic E-state index is 0.842. The molecule has 0 aromatic carbocycles. The average molecular weight is 103 g/mol. The van der Waals surface area contributed by atoms with Crippen molar-refractivity contribution < 1.29 is 4.79 Å². The van der Waals surface area contributed by atoms with Crippen LogP contribution in [0.1, 0.15) is 6.92 Å². The predicted octanol–water partition coefficient (Wildman–Crippen LogP) is 0.990. The van der Waals surface area contributed by atoms with Gasteiger partial charge in [-0.25, -0.2) is 4.79 Å². The molecular formula is C3H5NOS. The monoisotopic (exact) mass is 103 g/mol. The molecule has 0 aliphatic carbocycles. The number of rotatable bonds is 2. The molecular weight excluding hydrogens is 98.1 g/mol. The van der Waals surface area contributed by atoms with Crippen LogP contribution < -0.4 is 0 Å². The Morgan fingerprint density at radius 2 is 2.67 bits per heavy atom. The van der Waals surface area contributed by atoms with Crippen LogP contribution in [0.3, 0.4) is 0 Å². The topological polar surface area (TPSA) is 29.4 Å². The Hall–Kier alpha value is -0.270. The summed E-state index contributed by atoms with van der Waals surface area (Å²) < 4.78 is 3.20. The minimum atomic E-state index is 0.842. The zero-order valence-corrected chi connectivity index (χ0v) is 4.29. The molecule has 0 rings (SSSR count). The Kier molecular flexibility index (Phi) is 4.52. The Morgan fingerprint density at radius 1 is 2.00 bits per heavy atom. The van der Waals surface area contributed by atoms with Crippen LogP contribution in [0, 0.1) is 0 Å². The number of nitrogens with zero attached hydrogens (tertiary/aromatic N) is 1. The summed E-state index contributed by atoms with van der Waals surface area (Å²) in [4.78, 5) is 9.25. The van der Waals surface area contributed by atoms with Crippen molar-refractivity contribution in [2.45, 2.75) is 6.92 Å². The SMILES string of the molecule is CCSN=C=O. The average Bonchev–Trinajstić information content (AvgIpc) is 1.61. The van der Waals surface area contributed by atoms with Crippen LogP contribution in [0.4, 0.5) is 0 Å². The van der Waals surface area contributed by atoms with Gasteiger partial charge in [-0.1, -0.05) is 6.92 Å². The molecule has 0 aliphatic heterocycles. The summed E-state index contributed by atoms with van der Waals surface area (Å²) in [7, 11) is 0. The number of hydrogen-bond acceptors (Lipinski definition) is 3. The van der Waals surface area contributed by atoms with Gasteiger partial charge in [0.05, 0.1) is 0 Å². The third-order valence-corrected chi connectivity index (χ3v) is 0.693. The van der Waals surface area contributed by atoms with Crippen molar-refractivity contribution in [3.05, 3.63) is 0 Å². The highest BCUT2D eigenvalue weighted by Gasteiger charge is 1.66. The third kappa shape index (κ3) is 3.73. The number of hydrogen-bond donors (Lipinski definition) is 0. The molecule has 0 unspecified atom stereocenters. The molecule has 34 valence electrons. The standard InChI is InChI=1S/C3H5NOS/c1-2-6-4-3-5/h2H2,1H3. The molecule has 0 aromatic heterocycles. The first-order chi connectivity index (χ1) is 2.91. The van der Waals surface area contributed by atoms with E-state index in [1.165, 1.54) is 18.0 Å². The lowest BCUT2D eigenvalue weighted by Gasteiger charge is -1.70. The van der Waals surface area contributed by atoms with Crippen molar-refractivity contribution in [3.63, 3.8) is 0 Å². The molecule has 0 atom stereocenters. The summed E-state index contributed by atoms with van der Waals surface area (Å²) in [6.07, 6.45) is 1.41. The van der Waals surface area contributed by atoms with Gasteiger partial charge in [0.2, 0.25) is 6.08 Å². The fourth-order valence-corrected chi connectivity index (χ4v) is 0.273. The lowest BCUT2D eigenvalue weighted by atomic mass is 11.0. The quantitative estimate of drug-likeness (QED) is 0.296. The molecule has 0 heterocycles. The van der Waals surface area contributed by atoms with E-state index in [0.29, 0.717) is 0 Å². The van der Waals surface area contributed by atoms with E-state index in [-0.39, 0.29) is 0 Å². The minimum Gasteiger partial charge on any atom is -0.210 e. The molecule has 0 amide bonds. The Labute approximate surface area is 40.8 Å². The van der Waals surface area contributed by atoms with E-state index < -0.39 is 0 Å². The summed E-state index contributed by atoms with van der Waals surface area (Å²) in [6.45, 7) is 1.92. The van der Waals surface area contributed by atoms with Gasteiger partial charge >= 0.3 is 0 Å². The normalized spacial score (nSPS) is 6.83. The van der Waals surface area contributed by atoms with Gasteiger partial charge in [-0.15, -0.1) is 4.40 Å². The largest absolute Gasteiger partial charge is 0.247 e.